The van der Waals surface area contributed by atoms with Crippen LogP contribution in [0.15, 0.2) is 59.0 Å². The number of primary amides is 1. The second kappa shape index (κ2) is 10.5. The van der Waals surface area contributed by atoms with Gasteiger partial charge in [0.1, 0.15) is 33.6 Å². The molecule has 0 bridgehead atoms. The van der Waals surface area contributed by atoms with Crippen LogP contribution in [0.25, 0.3) is 11.7 Å². The van der Waals surface area contributed by atoms with Crippen molar-refractivity contribution in [3.63, 3.8) is 0 Å². The molecule has 0 fully saturated rings. The largest absolute Gasteiger partial charge is 0.438 e. The predicted molar refractivity (Wildman–Crippen MR) is 145 cm³/mol. The monoisotopic (exact) mass is 545 g/mol. The third-order valence-electron chi connectivity index (χ3n) is 6.06. The van der Waals surface area contributed by atoms with Gasteiger partial charge in [0.05, 0.1) is 5.56 Å². The molecule has 3 N–H and O–H groups in total. The van der Waals surface area contributed by atoms with E-state index in [4.69, 9.17) is 22.1 Å². The first-order valence-corrected chi connectivity index (χ1v) is 12.9. The zero-order valence-corrected chi connectivity index (χ0v) is 21.4. The summed E-state index contributed by atoms with van der Waals surface area (Å²) in [5, 5.41) is 13.3. The van der Waals surface area contributed by atoms with Crippen molar-refractivity contribution in [2.45, 2.75) is 25.7 Å². The fourth-order valence-corrected chi connectivity index (χ4v) is 5.69. The summed E-state index contributed by atoms with van der Waals surface area (Å²) in [7, 11) is 0. The molecule has 5 rings (SSSR count). The van der Waals surface area contributed by atoms with Crippen LogP contribution in [-0.4, -0.2) is 21.2 Å². The van der Waals surface area contributed by atoms with E-state index in [9.17, 15) is 19.6 Å². The molecule has 38 heavy (non-hydrogen) atoms. The number of hydrogen-bond donors (Lipinski definition) is 2. The van der Waals surface area contributed by atoms with E-state index in [-0.39, 0.29) is 22.6 Å². The fraction of sp³-hybridized carbons (Fsp3) is 0.148. The van der Waals surface area contributed by atoms with E-state index < -0.39 is 17.4 Å². The van der Waals surface area contributed by atoms with Crippen molar-refractivity contribution in [3.05, 3.63) is 91.2 Å². The van der Waals surface area contributed by atoms with Gasteiger partial charge in [-0.15, -0.1) is 11.3 Å². The van der Waals surface area contributed by atoms with Crippen LogP contribution in [0.5, 0.6) is 11.6 Å². The van der Waals surface area contributed by atoms with E-state index in [1.807, 2.05) is 6.07 Å². The molecule has 11 heteroatoms. The highest BCUT2D eigenvalue weighted by Gasteiger charge is 2.26. The molecule has 1 aromatic carbocycles. The van der Waals surface area contributed by atoms with Crippen LogP contribution in [0.4, 0.5) is 5.00 Å². The van der Waals surface area contributed by atoms with E-state index in [2.05, 4.69) is 10.3 Å². The molecular weight excluding hydrogens is 526 g/mol. The molecule has 0 saturated carbocycles. The molecular formula is C27H20ClN5O4S. The number of carbonyl (C=O) groups is 2. The number of ether oxygens (including phenoxy) is 1. The highest BCUT2D eigenvalue weighted by molar-refractivity contribution is 7.17. The summed E-state index contributed by atoms with van der Waals surface area (Å²) in [4.78, 5) is 44.2. The molecule has 9 nitrogen and oxygen atoms in total. The van der Waals surface area contributed by atoms with E-state index in [0.29, 0.717) is 27.8 Å². The predicted octanol–water partition coefficient (Wildman–Crippen LogP) is 4.73. The topological polar surface area (TPSA) is 140 Å². The first-order valence-electron chi connectivity index (χ1n) is 11.7. The molecule has 0 aliphatic heterocycles. The highest BCUT2D eigenvalue weighted by atomic mass is 35.5. The Balaban J connectivity index is 1.56. The van der Waals surface area contributed by atoms with Crippen molar-refractivity contribution in [3.8, 4) is 17.7 Å². The van der Waals surface area contributed by atoms with Crippen molar-refractivity contribution in [1.82, 2.24) is 9.38 Å². The van der Waals surface area contributed by atoms with Crippen LogP contribution in [0.1, 0.15) is 39.2 Å². The number of thiophene rings is 1. The standard InChI is InChI=1S/C27H20ClN5O4S/c28-16-8-10-17(11-9-16)37-25-19(27(36)33-12-4-3-7-21(33)31-25)13-15(14-29)24(35)32-26-22(23(30)34)18-5-1-2-6-20(18)38-26/h3-4,7-13H,1-2,5-6H2,(H2,30,34)(H,32,35). The number of fused-ring (bicyclic) bond motifs is 2. The van der Waals surface area contributed by atoms with Gasteiger partial charge >= 0.3 is 0 Å². The zero-order valence-electron chi connectivity index (χ0n) is 19.9. The zero-order chi connectivity index (χ0) is 26.8. The van der Waals surface area contributed by atoms with Gasteiger partial charge in [-0.2, -0.15) is 10.2 Å². The Labute approximate surface area is 225 Å². The summed E-state index contributed by atoms with van der Waals surface area (Å²) < 4.78 is 7.16. The lowest BCUT2D eigenvalue weighted by Crippen LogP contribution is -2.21. The molecule has 0 saturated heterocycles. The minimum atomic E-state index is -0.788. The Hall–Kier alpha value is -4.46. The van der Waals surface area contributed by atoms with Crippen molar-refractivity contribution in [2.75, 3.05) is 5.32 Å². The number of nitriles is 1. The Morgan fingerprint density at radius 2 is 1.95 bits per heavy atom. The fourth-order valence-electron chi connectivity index (χ4n) is 4.28. The number of pyridine rings is 1. The number of anilines is 1. The number of halogens is 1. The third-order valence-corrected chi connectivity index (χ3v) is 7.52. The SMILES string of the molecule is N#CC(=Cc1c(Oc2ccc(Cl)cc2)nc2ccccn2c1=O)C(=O)Nc1sc2c(c1C(N)=O)CCCC2. The second-order valence-electron chi connectivity index (χ2n) is 8.52. The van der Waals surface area contributed by atoms with Crippen LogP contribution in [0.3, 0.4) is 0 Å². The van der Waals surface area contributed by atoms with Gasteiger partial charge in [-0.1, -0.05) is 17.7 Å². The molecule has 0 radical (unpaired) electrons. The molecule has 4 aromatic rings. The average Bonchev–Trinajstić information content (AvgIpc) is 3.28. The number of nitrogens with zero attached hydrogens (tertiary/aromatic N) is 3. The molecule has 0 spiro atoms. The highest BCUT2D eigenvalue weighted by Crippen LogP contribution is 2.38. The van der Waals surface area contributed by atoms with E-state index >= 15 is 0 Å². The van der Waals surface area contributed by atoms with Gasteiger partial charge in [-0.05, 0) is 73.7 Å². The summed E-state index contributed by atoms with van der Waals surface area (Å²) in [6, 6.07) is 13.3. The normalized spacial score (nSPS) is 13.0. The van der Waals surface area contributed by atoms with Crippen LogP contribution in [0.2, 0.25) is 5.02 Å². The lowest BCUT2D eigenvalue weighted by atomic mass is 9.95. The van der Waals surface area contributed by atoms with Crippen LogP contribution >= 0.6 is 22.9 Å². The van der Waals surface area contributed by atoms with Gasteiger partial charge < -0.3 is 15.8 Å². The smallest absolute Gasteiger partial charge is 0.269 e. The Morgan fingerprint density at radius 3 is 2.68 bits per heavy atom. The number of amides is 2. The van der Waals surface area contributed by atoms with Crippen molar-refractivity contribution >= 4 is 51.5 Å². The van der Waals surface area contributed by atoms with Crippen molar-refractivity contribution in [1.29, 1.82) is 5.26 Å². The van der Waals surface area contributed by atoms with Crippen molar-refractivity contribution in [2.24, 2.45) is 5.73 Å². The first kappa shape index (κ1) is 25.2. The first-order chi connectivity index (χ1) is 18.4. The van der Waals surface area contributed by atoms with Crippen molar-refractivity contribution < 1.29 is 14.3 Å². The third kappa shape index (κ3) is 4.89. The Bertz CT molecular complexity index is 1720. The average molecular weight is 546 g/mol. The minimum absolute atomic E-state index is 0.0894. The summed E-state index contributed by atoms with van der Waals surface area (Å²) in [5.41, 5.74) is 6.05. The molecule has 1 aliphatic carbocycles. The molecule has 0 atom stereocenters. The molecule has 3 heterocycles. The Kier molecular flexibility index (Phi) is 6.96. The van der Waals surface area contributed by atoms with Gasteiger partial charge in [-0.25, -0.2) is 0 Å². The van der Waals surface area contributed by atoms with Gasteiger partial charge in [0.25, 0.3) is 17.4 Å². The molecule has 0 unspecified atom stereocenters. The van der Waals surface area contributed by atoms with Gasteiger partial charge in [0, 0.05) is 16.1 Å². The summed E-state index contributed by atoms with van der Waals surface area (Å²) >= 11 is 7.24. The van der Waals surface area contributed by atoms with Crippen LogP contribution in [0, 0.1) is 11.3 Å². The molecule has 1 aliphatic rings. The van der Waals surface area contributed by atoms with Crippen LogP contribution in [-0.2, 0) is 17.6 Å². The number of hydrogen-bond acceptors (Lipinski definition) is 7. The summed E-state index contributed by atoms with van der Waals surface area (Å²) in [5.74, 6) is -1.16. The Morgan fingerprint density at radius 1 is 1.18 bits per heavy atom. The molecule has 3 aromatic heterocycles. The maximum atomic E-state index is 13.4. The van der Waals surface area contributed by atoms with Crippen LogP contribution < -0.4 is 21.3 Å². The van der Waals surface area contributed by atoms with E-state index in [0.717, 1.165) is 35.8 Å². The number of carbonyl (C=O) groups excluding carboxylic acids is 2. The van der Waals surface area contributed by atoms with E-state index in [1.54, 1.807) is 42.5 Å². The van der Waals surface area contributed by atoms with E-state index in [1.165, 1.54) is 21.9 Å². The maximum absolute atomic E-state index is 13.4. The second-order valence-corrected chi connectivity index (χ2v) is 10.1. The molecule has 2 amide bonds. The number of rotatable bonds is 6. The maximum Gasteiger partial charge on any atom is 0.269 e. The minimum Gasteiger partial charge on any atom is -0.438 e. The quantitative estimate of drug-likeness (QED) is 0.265. The number of aryl methyl sites for hydroxylation is 1. The van der Waals surface area contributed by atoms with Gasteiger partial charge in [0.2, 0.25) is 5.88 Å². The number of nitrogens with two attached hydrogens (primary N) is 1. The van der Waals surface area contributed by atoms with Gasteiger partial charge in [0.15, 0.2) is 0 Å². The number of aromatic nitrogens is 2. The number of nitrogens with one attached hydrogen (secondary N) is 1. The summed E-state index contributed by atoms with van der Waals surface area (Å²) in [6.07, 6.45) is 6.06. The summed E-state index contributed by atoms with van der Waals surface area (Å²) in [6.45, 7) is 0. The molecule has 190 valence electrons. The van der Waals surface area contributed by atoms with Gasteiger partial charge in [-0.3, -0.25) is 18.8 Å². The lowest BCUT2D eigenvalue weighted by Gasteiger charge is -2.11. The lowest BCUT2D eigenvalue weighted by molar-refractivity contribution is -0.112. The number of benzene rings is 1.